The molecule has 6 rings (SSSR count). The molecular formula is C27H27FN6O. The Morgan fingerprint density at radius 1 is 1.20 bits per heavy atom. The van der Waals surface area contributed by atoms with Crippen LogP contribution in [-0.4, -0.2) is 44.3 Å². The Bertz CT molecular complexity index is 1440. The van der Waals surface area contributed by atoms with Gasteiger partial charge in [-0.25, -0.2) is 9.37 Å². The average molecular weight is 471 g/mol. The van der Waals surface area contributed by atoms with Crippen LogP contribution in [0.15, 0.2) is 54.5 Å². The normalized spacial score (nSPS) is 18.0. The number of halogens is 1. The summed E-state index contributed by atoms with van der Waals surface area (Å²) in [6.45, 7) is 2.62. The summed E-state index contributed by atoms with van der Waals surface area (Å²) in [4.78, 5) is 13.5. The van der Waals surface area contributed by atoms with E-state index >= 15 is 0 Å². The third-order valence-corrected chi connectivity index (χ3v) is 7.06. The second-order valence-corrected chi connectivity index (χ2v) is 9.45. The number of benzene rings is 1. The highest BCUT2D eigenvalue weighted by atomic mass is 19.1. The third kappa shape index (κ3) is 3.97. The molecule has 8 heteroatoms. The highest BCUT2D eigenvalue weighted by Gasteiger charge is 2.29. The van der Waals surface area contributed by atoms with E-state index in [0.29, 0.717) is 29.6 Å². The van der Waals surface area contributed by atoms with Gasteiger partial charge in [0.1, 0.15) is 5.82 Å². The fraction of sp³-hybridized carbons (Fsp3) is 0.333. The van der Waals surface area contributed by atoms with Gasteiger partial charge in [-0.3, -0.25) is 4.98 Å². The lowest BCUT2D eigenvalue weighted by atomic mass is 9.88. The summed E-state index contributed by atoms with van der Waals surface area (Å²) in [7, 11) is 1.68. The molecule has 4 aromatic rings. The van der Waals surface area contributed by atoms with Crippen LogP contribution in [0.3, 0.4) is 0 Å². The molecule has 0 bridgehead atoms. The Labute approximate surface area is 203 Å². The van der Waals surface area contributed by atoms with Gasteiger partial charge in [0.25, 0.3) is 0 Å². The first-order valence-corrected chi connectivity index (χ1v) is 12.0. The molecule has 0 spiro atoms. The summed E-state index contributed by atoms with van der Waals surface area (Å²) in [6, 6.07) is 10.3. The van der Waals surface area contributed by atoms with Gasteiger partial charge in [-0.1, -0.05) is 36.8 Å². The lowest BCUT2D eigenvalue weighted by Gasteiger charge is -2.26. The van der Waals surface area contributed by atoms with Crippen molar-refractivity contribution in [3.8, 4) is 11.4 Å². The van der Waals surface area contributed by atoms with Crippen molar-refractivity contribution in [3.63, 3.8) is 0 Å². The molecule has 2 aliphatic rings. The van der Waals surface area contributed by atoms with E-state index in [2.05, 4.69) is 46.6 Å². The first kappa shape index (κ1) is 21.9. The fourth-order valence-corrected chi connectivity index (χ4v) is 5.33. The molecule has 0 aliphatic heterocycles. The summed E-state index contributed by atoms with van der Waals surface area (Å²) in [5, 5.41) is 8.26. The average Bonchev–Trinajstić information content (AvgIpc) is 3.46. The maximum absolute atomic E-state index is 14.0. The van der Waals surface area contributed by atoms with E-state index in [0.717, 1.165) is 31.2 Å². The van der Waals surface area contributed by atoms with Crippen molar-refractivity contribution in [1.29, 1.82) is 0 Å². The number of anilines is 1. The standard InChI is InChI=1S/C27H27FN6O/c1-16(15-35-2)24-14-30-34-26(24)32-25(19-10-20(28)13-29-12-19)33-27(34)31-21-8-7-18-9-17-5-3-4-6-22(17)23(18)11-21/h3-6,10,12-14,16,21H,7-9,11,15H2,1-2H3,(H,31,32,33)/t16?,21-/m1/s1. The monoisotopic (exact) mass is 470 g/mol. The van der Waals surface area contributed by atoms with E-state index in [9.17, 15) is 4.39 Å². The molecule has 0 saturated heterocycles. The number of rotatable bonds is 6. The van der Waals surface area contributed by atoms with Crippen molar-refractivity contribution in [1.82, 2.24) is 24.6 Å². The highest BCUT2D eigenvalue weighted by molar-refractivity contribution is 5.77. The predicted molar refractivity (Wildman–Crippen MR) is 133 cm³/mol. The van der Waals surface area contributed by atoms with Crippen molar-refractivity contribution in [2.75, 3.05) is 19.0 Å². The minimum absolute atomic E-state index is 0.0936. The van der Waals surface area contributed by atoms with Crippen LogP contribution >= 0.6 is 0 Å². The Hall–Kier alpha value is -3.65. The number of fused-ring (bicyclic) bond motifs is 3. The van der Waals surface area contributed by atoms with Crippen LogP contribution in [0, 0.1) is 5.82 Å². The number of ether oxygens (including phenoxy) is 1. The van der Waals surface area contributed by atoms with Gasteiger partial charge in [0.2, 0.25) is 5.95 Å². The van der Waals surface area contributed by atoms with Crippen LogP contribution in [-0.2, 0) is 11.2 Å². The molecule has 2 atom stereocenters. The summed E-state index contributed by atoms with van der Waals surface area (Å²) >= 11 is 0. The molecule has 3 heterocycles. The van der Waals surface area contributed by atoms with Crippen molar-refractivity contribution in [2.45, 2.75) is 44.6 Å². The first-order chi connectivity index (χ1) is 17.1. The second kappa shape index (κ2) is 8.85. The summed E-state index contributed by atoms with van der Waals surface area (Å²) < 4.78 is 21.1. The van der Waals surface area contributed by atoms with Gasteiger partial charge >= 0.3 is 0 Å². The summed E-state index contributed by atoms with van der Waals surface area (Å²) in [6.07, 6.45) is 8.66. The summed E-state index contributed by atoms with van der Waals surface area (Å²) in [5.41, 5.74) is 7.99. The van der Waals surface area contributed by atoms with Gasteiger partial charge < -0.3 is 10.1 Å². The van der Waals surface area contributed by atoms with E-state index in [4.69, 9.17) is 14.7 Å². The predicted octanol–water partition coefficient (Wildman–Crippen LogP) is 5.05. The van der Waals surface area contributed by atoms with Gasteiger partial charge in [0.05, 0.1) is 19.0 Å². The molecule has 1 aromatic carbocycles. The molecule has 0 amide bonds. The van der Waals surface area contributed by atoms with E-state index < -0.39 is 5.82 Å². The molecular weight excluding hydrogens is 443 g/mol. The van der Waals surface area contributed by atoms with Crippen molar-refractivity contribution in [2.24, 2.45) is 0 Å². The summed E-state index contributed by atoms with van der Waals surface area (Å²) in [5.74, 6) is 0.690. The number of hydrogen-bond donors (Lipinski definition) is 1. The third-order valence-electron chi connectivity index (χ3n) is 7.06. The highest BCUT2D eigenvalue weighted by Crippen LogP contribution is 2.42. The molecule has 0 radical (unpaired) electrons. The lowest BCUT2D eigenvalue weighted by molar-refractivity contribution is 0.184. The Morgan fingerprint density at radius 2 is 2.09 bits per heavy atom. The first-order valence-electron chi connectivity index (χ1n) is 12.0. The second-order valence-electron chi connectivity index (χ2n) is 9.45. The fourth-order valence-electron chi connectivity index (χ4n) is 5.33. The molecule has 35 heavy (non-hydrogen) atoms. The molecule has 2 aliphatic carbocycles. The maximum atomic E-state index is 14.0. The number of aromatic nitrogens is 5. The van der Waals surface area contributed by atoms with Crippen LogP contribution in [0.5, 0.6) is 0 Å². The molecule has 0 fully saturated rings. The number of nitrogens with one attached hydrogen (secondary N) is 1. The Kier molecular flexibility index (Phi) is 5.53. The van der Waals surface area contributed by atoms with Gasteiger partial charge in [0, 0.05) is 36.4 Å². The van der Waals surface area contributed by atoms with Gasteiger partial charge in [-0.2, -0.15) is 14.6 Å². The Balaban J connectivity index is 1.38. The van der Waals surface area contributed by atoms with E-state index in [-0.39, 0.29) is 12.0 Å². The lowest BCUT2D eigenvalue weighted by Crippen LogP contribution is -2.25. The smallest absolute Gasteiger partial charge is 0.228 e. The van der Waals surface area contributed by atoms with E-state index in [1.807, 2.05) is 6.20 Å². The van der Waals surface area contributed by atoms with Gasteiger partial charge in [-0.15, -0.1) is 0 Å². The number of allylic oxidation sites excluding steroid dienone is 1. The Morgan fingerprint density at radius 3 is 2.94 bits per heavy atom. The van der Waals surface area contributed by atoms with Crippen molar-refractivity contribution >= 4 is 17.2 Å². The number of nitrogens with zero attached hydrogens (tertiary/aromatic N) is 5. The molecule has 3 aromatic heterocycles. The van der Waals surface area contributed by atoms with E-state index in [1.54, 1.807) is 23.4 Å². The SMILES string of the molecule is COCC(C)c1cnn2c(N[C@@H]3CCC4=C(C3)c3ccccc3C4)nc(-c3cncc(F)c3)nc12. The maximum Gasteiger partial charge on any atom is 0.228 e. The zero-order valence-electron chi connectivity index (χ0n) is 19.8. The molecule has 1 N–H and O–H groups in total. The number of hydrogen-bond acceptors (Lipinski definition) is 6. The topological polar surface area (TPSA) is 77.2 Å². The molecule has 1 unspecified atom stereocenters. The molecule has 7 nitrogen and oxygen atoms in total. The number of pyridine rings is 1. The quantitative estimate of drug-likeness (QED) is 0.425. The van der Waals surface area contributed by atoms with Crippen LogP contribution in [0.1, 0.15) is 48.8 Å². The largest absolute Gasteiger partial charge is 0.384 e. The minimum Gasteiger partial charge on any atom is -0.384 e. The zero-order chi connectivity index (χ0) is 23.9. The van der Waals surface area contributed by atoms with Gasteiger partial charge in [0.15, 0.2) is 11.5 Å². The zero-order valence-corrected chi connectivity index (χ0v) is 19.8. The van der Waals surface area contributed by atoms with Crippen LogP contribution in [0.25, 0.3) is 22.6 Å². The van der Waals surface area contributed by atoms with Crippen LogP contribution in [0.4, 0.5) is 10.3 Å². The molecule has 0 saturated carbocycles. The minimum atomic E-state index is -0.423. The number of methoxy groups -OCH3 is 1. The van der Waals surface area contributed by atoms with Gasteiger partial charge in [-0.05, 0) is 48.4 Å². The van der Waals surface area contributed by atoms with Crippen LogP contribution < -0.4 is 5.32 Å². The van der Waals surface area contributed by atoms with E-state index in [1.165, 1.54) is 29.0 Å². The van der Waals surface area contributed by atoms with Crippen molar-refractivity contribution in [3.05, 3.63) is 77.0 Å². The van der Waals surface area contributed by atoms with Crippen LogP contribution in [0.2, 0.25) is 0 Å². The van der Waals surface area contributed by atoms with Crippen molar-refractivity contribution < 1.29 is 9.13 Å². The molecule has 178 valence electrons.